The predicted molar refractivity (Wildman–Crippen MR) is 66.5 cm³/mol. The molecule has 0 atom stereocenters. The van der Waals surface area contributed by atoms with E-state index in [1.165, 1.54) is 0 Å². The molecule has 6 nitrogen and oxygen atoms in total. The van der Waals surface area contributed by atoms with Crippen LogP contribution in [0.4, 0.5) is 11.4 Å². The van der Waals surface area contributed by atoms with Crippen molar-refractivity contribution >= 4 is 23.2 Å². The number of primary amides is 1. The number of hydrogen-bond donors (Lipinski definition) is 4. The summed E-state index contributed by atoms with van der Waals surface area (Å²) in [5, 5.41) is 5.49. The van der Waals surface area contributed by atoms with Crippen LogP contribution in [-0.4, -0.2) is 25.4 Å². The van der Waals surface area contributed by atoms with Crippen LogP contribution in [0.15, 0.2) is 18.2 Å². The van der Waals surface area contributed by atoms with Gasteiger partial charge in [0, 0.05) is 20.0 Å². The molecule has 0 aliphatic heterocycles. The number of nitrogen functional groups attached to an aromatic ring is 1. The third kappa shape index (κ3) is 3.37. The van der Waals surface area contributed by atoms with Crippen molar-refractivity contribution in [2.45, 2.75) is 6.42 Å². The van der Waals surface area contributed by atoms with Crippen LogP contribution in [0.1, 0.15) is 16.8 Å². The topological polar surface area (TPSA) is 110 Å². The van der Waals surface area contributed by atoms with Crippen LogP contribution in [0.5, 0.6) is 0 Å². The Kier molecular flexibility index (Phi) is 4.33. The average molecular weight is 236 g/mol. The van der Waals surface area contributed by atoms with Crippen LogP contribution in [0, 0.1) is 0 Å². The number of anilines is 2. The molecular weight excluding hydrogens is 220 g/mol. The zero-order valence-corrected chi connectivity index (χ0v) is 9.62. The molecule has 2 amide bonds. The largest absolute Gasteiger partial charge is 0.396 e. The van der Waals surface area contributed by atoms with E-state index in [2.05, 4.69) is 10.6 Å². The number of rotatable bonds is 5. The summed E-state index contributed by atoms with van der Waals surface area (Å²) in [6.07, 6.45) is 0.330. The zero-order chi connectivity index (χ0) is 12.8. The van der Waals surface area contributed by atoms with E-state index in [0.29, 0.717) is 24.3 Å². The van der Waals surface area contributed by atoms with Crippen molar-refractivity contribution in [3.8, 4) is 0 Å². The van der Waals surface area contributed by atoms with Crippen molar-refractivity contribution in [1.29, 1.82) is 0 Å². The Morgan fingerprint density at radius 1 is 1.35 bits per heavy atom. The van der Waals surface area contributed by atoms with Gasteiger partial charge in [0.25, 0.3) is 5.91 Å². The highest BCUT2D eigenvalue weighted by molar-refractivity contribution is 6.00. The monoisotopic (exact) mass is 236 g/mol. The van der Waals surface area contributed by atoms with Crippen molar-refractivity contribution < 1.29 is 9.59 Å². The standard InChI is InChI=1S/C11H16N4O2/c1-14-9(16)5-6-15-8-4-2-3-7(10(8)12)11(13)17/h2-4,15H,5-6,12H2,1H3,(H2,13,17)(H,14,16). The quantitative estimate of drug-likeness (QED) is 0.536. The second-order valence-corrected chi connectivity index (χ2v) is 3.48. The molecule has 0 heterocycles. The Morgan fingerprint density at radius 3 is 2.65 bits per heavy atom. The van der Waals surface area contributed by atoms with E-state index in [-0.39, 0.29) is 11.5 Å². The summed E-state index contributed by atoms with van der Waals surface area (Å²) in [4.78, 5) is 22.1. The first kappa shape index (κ1) is 12.8. The van der Waals surface area contributed by atoms with E-state index >= 15 is 0 Å². The van der Waals surface area contributed by atoms with E-state index < -0.39 is 5.91 Å². The maximum atomic E-state index is 11.1. The van der Waals surface area contributed by atoms with Gasteiger partial charge in [-0.15, -0.1) is 0 Å². The zero-order valence-electron chi connectivity index (χ0n) is 9.62. The minimum atomic E-state index is -0.572. The molecule has 0 bridgehead atoms. The molecule has 0 aliphatic rings. The molecule has 1 aromatic rings. The first-order chi connectivity index (χ1) is 8.06. The van der Waals surface area contributed by atoms with Crippen molar-refractivity contribution in [2.75, 3.05) is 24.6 Å². The third-order valence-corrected chi connectivity index (χ3v) is 2.32. The van der Waals surface area contributed by atoms with E-state index in [9.17, 15) is 9.59 Å². The van der Waals surface area contributed by atoms with Crippen LogP contribution in [-0.2, 0) is 4.79 Å². The summed E-state index contributed by atoms with van der Waals surface area (Å²) in [6.45, 7) is 0.437. The van der Waals surface area contributed by atoms with E-state index in [4.69, 9.17) is 11.5 Å². The number of carbonyl (C=O) groups is 2. The van der Waals surface area contributed by atoms with Gasteiger partial charge in [-0.25, -0.2) is 0 Å². The summed E-state index contributed by atoms with van der Waals surface area (Å²) >= 11 is 0. The molecule has 6 heteroatoms. The maximum Gasteiger partial charge on any atom is 0.250 e. The molecule has 0 saturated heterocycles. The second-order valence-electron chi connectivity index (χ2n) is 3.48. The number of carbonyl (C=O) groups excluding carboxylic acids is 2. The Hall–Kier alpha value is -2.24. The molecule has 1 rings (SSSR count). The fourth-order valence-electron chi connectivity index (χ4n) is 1.37. The molecule has 0 aliphatic carbocycles. The van der Waals surface area contributed by atoms with Gasteiger partial charge in [-0.3, -0.25) is 9.59 Å². The van der Waals surface area contributed by atoms with Gasteiger partial charge >= 0.3 is 0 Å². The van der Waals surface area contributed by atoms with E-state index in [0.717, 1.165) is 0 Å². The second kappa shape index (κ2) is 5.74. The van der Waals surface area contributed by atoms with Crippen molar-refractivity contribution in [3.05, 3.63) is 23.8 Å². The molecule has 0 spiro atoms. The third-order valence-electron chi connectivity index (χ3n) is 2.32. The number of para-hydroxylation sites is 1. The fourth-order valence-corrected chi connectivity index (χ4v) is 1.37. The van der Waals surface area contributed by atoms with Crippen molar-refractivity contribution in [3.63, 3.8) is 0 Å². The van der Waals surface area contributed by atoms with E-state index in [1.54, 1.807) is 25.2 Å². The van der Waals surface area contributed by atoms with Crippen LogP contribution in [0.3, 0.4) is 0 Å². The number of benzene rings is 1. The summed E-state index contributed by atoms with van der Waals surface area (Å²) in [5.74, 6) is -0.639. The molecular formula is C11H16N4O2. The Balaban J connectivity index is 2.69. The number of nitrogens with two attached hydrogens (primary N) is 2. The molecule has 0 fully saturated rings. The molecule has 0 saturated carbocycles. The lowest BCUT2D eigenvalue weighted by Crippen LogP contribution is -2.21. The summed E-state index contributed by atoms with van der Waals surface area (Å²) in [7, 11) is 1.57. The smallest absolute Gasteiger partial charge is 0.250 e. The summed E-state index contributed by atoms with van der Waals surface area (Å²) in [5.41, 5.74) is 12.1. The molecule has 0 aromatic heterocycles. The number of amides is 2. The minimum Gasteiger partial charge on any atom is -0.396 e. The lowest BCUT2D eigenvalue weighted by atomic mass is 10.1. The van der Waals surface area contributed by atoms with Gasteiger partial charge in [0.1, 0.15) is 0 Å². The molecule has 0 radical (unpaired) electrons. The molecule has 1 aromatic carbocycles. The first-order valence-corrected chi connectivity index (χ1v) is 5.19. The van der Waals surface area contributed by atoms with E-state index in [1.807, 2.05) is 0 Å². The first-order valence-electron chi connectivity index (χ1n) is 5.19. The molecule has 0 unspecified atom stereocenters. The van der Waals surface area contributed by atoms with Crippen molar-refractivity contribution in [1.82, 2.24) is 5.32 Å². The van der Waals surface area contributed by atoms with Gasteiger partial charge in [-0.05, 0) is 12.1 Å². The Labute approximate surface area is 99.4 Å². The lowest BCUT2D eigenvalue weighted by Gasteiger charge is -2.10. The fraction of sp³-hybridized carbons (Fsp3) is 0.273. The highest BCUT2D eigenvalue weighted by atomic mass is 16.1. The van der Waals surface area contributed by atoms with Crippen LogP contribution in [0.25, 0.3) is 0 Å². The molecule has 17 heavy (non-hydrogen) atoms. The van der Waals surface area contributed by atoms with Gasteiger partial charge in [0.15, 0.2) is 0 Å². The van der Waals surface area contributed by atoms with Gasteiger partial charge < -0.3 is 22.1 Å². The highest BCUT2D eigenvalue weighted by Gasteiger charge is 2.09. The Morgan fingerprint density at radius 2 is 2.06 bits per heavy atom. The minimum absolute atomic E-state index is 0.0675. The van der Waals surface area contributed by atoms with Crippen molar-refractivity contribution in [2.24, 2.45) is 5.73 Å². The maximum absolute atomic E-state index is 11.1. The van der Waals surface area contributed by atoms with Crippen LogP contribution >= 0.6 is 0 Å². The van der Waals surface area contributed by atoms with Gasteiger partial charge in [-0.2, -0.15) is 0 Å². The molecule has 6 N–H and O–H groups in total. The Bertz CT molecular complexity index is 431. The van der Waals surface area contributed by atoms with Crippen LogP contribution in [0.2, 0.25) is 0 Å². The predicted octanol–water partition coefficient (Wildman–Crippen LogP) is -0.0843. The van der Waals surface area contributed by atoms with Crippen LogP contribution < -0.4 is 22.1 Å². The van der Waals surface area contributed by atoms with Gasteiger partial charge in [0.2, 0.25) is 5.91 Å². The lowest BCUT2D eigenvalue weighted by molar-refractivity contribution is -0.120. The van der Waals surface area contributed by atoms with Gasteiger partial charge in [0.05, 0.1) is 16.9 Å². The summed E-state index contributed by atoms with van der Waals surface area (Å²) < 4.78 is 0. The number of hydrogen-bond acceptors (Lipinski definition) is 4. The molecule has 92 valence electrons. The SMILES string of the molecule is CNC(=O)CCNc1cccc(C(N)=O)c1N. The highest BCUT2D eigenvalue weighted by Crippen LogP contribution is 2.22. The number of nitrogens with one attached hydrogen (secondary N) is 2. The normalized spacial score (nSPS) is 9.71. The average Bonchev–Trinajstić information content (AvgIpc) is 2.30. The summed E-state index contributed by atoms with van der Waals surface area (Å²) in [6, 6.07) is 4.96. The van der Waals surface area contributed by atoms with Gasteiger partial charge in [-0.1, -0.05) is 6.07 Å².